The van der Waals surface area contributed by atoms with Crippen molar-refractivity contribution in [3.8, 4) is 35.2 Å². The Bertz CT molecular complexity index is 2820. The van der Waals surface area contributed by atoms with E-state index in [4.69, 9.17) is 33.2 Å². The number of nitrogens with zero attached hydrogens (tertiary/aromatic N) is 8. The molecule has 0 spiro atoms. The fraction of sp³-hybridized carbons (Fsp3) is 0.333. The zero-order valence-corrected chi connectivity index (χ0v) is 41.5. The minimum atomic E-state index is -0.954. The second-order valence-electron chi connectivity index (χ2n) is 16.9. The average Bonchev–Trinajstić information content (AvgIpc) is 4.07. The lowest BCUT2D eigenvalue weighted by molar-refractivity contribution is -0.121. The highest BCUT2D eigenvalue weighted by Gasteiger charge is 2.33. The first-order chi connectivity index (χ1) is 36.7. The van der Waals surface area contributed by atoms with Gasteiger partial charge < -0.3 is 53.6 Å². The molecule has 0 saturated heterocycles. The lowest BCUT2D eigenvalue weighted by Crippen LogP contribution is -2.49. The third kappa shape index (κ3) is 15.3. The van der Waals surface area contributed by atoms with Crippen molar-refractivity contribution < 1.29 is 52.3 Å². The van der Waals surface area contributed by atoms with Gasteiger partial charge in [0.2, 0.25) is 11.6 Å². The van der Waals surface area contributed by atoms with Gasteiger partial charge in [0.25, 0.3) is 23.6 Å². The van der Waals surface area contributed by atoms with Crippen LogP contribution in [0, 0.1) is 23.7 Å². The molecular formula is C54H56N10O11. The Balaban J connectivity index is 0.634. The van der Waals surface area contributed by atoms with Gasteiger partial charge in [0.15, 0.2) is 0 Å². The molecule has 0 saturated carbocycles. The number of benzene rings is 4. The quantitative estimate of drug-likeness (QED) is 0.0737. The molecule has 2 atom stereocenters. The number of fused-ring (bicyclic) bond motifs is 2. The van der Waals surface area contributed by atoms with E-state index in [0.29, 0.717) is 99.9 Å². The molecule has 4 aromatic carbocycles. The van der Waals surface area contributed by atoms with E-state index < -0.39 is 23.9 Å². The summed E-state index contributed by atoms with van der Waals surface area (Å²) in [5.41, 5.74) is 4.39. The number of ether oxygens (including phenoxy) is 7. The Morgan fingerprint density at radius 3 is 1.35 bits per heavy atom. The van der Waals surface area contributed by atoms with E-state index in [1.165, 1.54) is 22.5 Å². The Kier molecular flexibility index (Phi) is 19.0. The van der Waals surface area contributed by atoms with Gasteiger partial charge in [-0.1, -0.05) is 84.3 Å². The molecule has 2 aliphatic rings. The second kappa shape index (κ2) is 27.0. The molecule has 0 fully saturated rings. The van der Waals surface area contributed by atoms with Gasteiger partial charge in [-0.15, -0.1) is 10.2 Å². The maximum atomic E-state index is 13.4. The average molecular weight is 1020 g/mol. The summed E-state index contributed by atoms with van der Waals surface area (Å²) in [6.45, 7) is 4.17. The van der Waals surface area contributed by atoms with Crippen molar-refractivity contribution >= 4 is 35.0 Å². The lowest BCUT2D eigenvalue weighted by Gasteiger charge is -2.20. The molecule has 21 heteroatoms. The van der Waals surface area contributed by atoms with Gasteiger partial charge in [-0.25, -0.2) is 19.3 Å². The molecule has 2 N–H and O–H groups in total. The SMILES string of the molecule is CN1C(=O)[C@@H](NC(=O)c2ncn(Cc3ccccc3)n2)COc2ccc(C#CCOCCOCCOCCOCCOCC#Cc3ccc4c(c3)N(C)C(=O)[C@@H](NC(=O)c3ncn(Cc5ccccc5)n3)CO4)cc21. The number of hydrogen-bond donors (Lipinski definition) is 2. The zero-order valence-electron chi connectivity index (χ0n) is 41.5. The molecule has 0 bridgehead atoms. The lowest BCUT2D eigenvalue weighted by atomic mass is 10.1. The predicted molar refractivity (Wildman–Crippen MR) is 272 cm³/mol. The number of carbonyl (C=O) groups excluding carboxylic acids is 4. The molecule has 4 amide bonds. The Morgan fingerprint density at radius 2 is 0.947 bits per heavy atom. The van der Waals surface area contributed by atoms with Crippen LogP contribution in [0.1, 0.15) is 43.5 Å². The van der Waals surface area contributed by atoms with Crippen LogP contribution >= 0.6 is 0 Å². The Labute approximate surface area is 433 Å². The van der Waals surface area contributed by atoms with E-state index in [1.807, 2.05) is 60.7 Å². The van der Waals surface area contributed by atoms with Crippen molar-refractivity contribution in [2.75, 3.05) is 103 Å². The summed E-state index contributed by atoms with van der Waals surface area (Å²) in [4.78, 5) is 63.8. The van der Waals surface area contributed by atoms with Crippen LogP contribution in [0.5, 0.6) is 11.5 Å². The summed E-state index contributed by atoms with van der Waals surface area (Å²) in [5.74, 6) is 11.1. The molecular weight excluding hydrogens is 965 g/mol. The van der Waals surface area contributed by atoms with E-state index in [1.54, 1.807) is 59.9 Å². The van der Waals surface area contributed by atoms with E-state index in [2.05, 4.69) is 54.5 Å². The van der Waals surface area contributed by atoms with Crippen molar-refractivity contribution in [3.05, 3.63) is 144 Å². The highest BCUT2D eigenvalue weighted by molar-refractivity contribution is 6.03. The molecule has 21 nitrogen and oxygen atoms in total. The van der Waals surface area contributed by atoms with Crippen molar-refractivity contribution in [3.63, 3.8) is 0 Å². The molecule has 388 valence electrons. The predicted octanol–water partition coefficient (Wildman–Crippen LogP) is 2.76. The molecule has 0 aliphatic carbocycles. The summed E-state index contributed by atoms with van der Waals surface area (Å²) in [5, 5.41) is 13.9. The monoisotopic (exact) mass is 1020 g/mol. The van der Waals surface area contributed by atoms with Gasteiger partial charge in [0, 0.05) is 25.2 Å². The van der Waals surface area contributed by atoms with Crippen LogP contribution in [0.15, 0.2) is 110 Å². The van der Waals surface area contributed by atoms with Crippen LogP contribution in [0.2, 0.25) is 0 Å². The summed E-state index contributed by atoms with van der Waals surface area (Å²) >= 11 is 0. The third-order valence-electron chi connectivity index (χ3n) is 11.5. The standard InChI is InChI=1S/C54H56N10O11/c1-61-45-31-39(17-19-47(45)74-35-43(53(61)67)57-51(65)49-55-37-63(59-49)33-41-11-5-3-6-12-41)15-9-21-69-23-25-71-27-29-73-30-28-72-26-24-70-22-10-16-40-18-20-48-46(32-40)62(2)54(68)44(36-75-48)58-52(66)50-56-38-64(60-50)34-42-13-7-4-8-14-42/h3-8,11-14,17-20,31-32,37-38,43-44H,21-30,33-36H2,1-2H3,(H,57,65)(H,58,66)/t43-,44-/m0/s1. The largest absolute Gasteiger partial charge is 0.489 e. The minimum absolute atomic E-state index is 0.0453. The normalized spacial score (nSPS) is 14.9. The topological polar surface area (TPSA) is 225 Å². The number of aromatic nitrogens is 6. The third-order valence-corrected chi connectivity index (χ3v) is 11.5. The van der Waals surface area contributed by atoms with E-state index in [0.717, 1.165) is 11.1 Å². The molecule has 0 unspecified atom stereocenters. The number of likely N-dealkylation sites (N-methyl/N-ethyl adjacent to an activating group) is 2. The molecule has 2 aromatic heterocycles. The summed E-state index contributed by atoms with van der Waals surface area (Å²) in [7, 11) is 3.24. The number of hydrogen-bond acceptors (Lipinski definition) is 15. The molecule has 75 heavy (non-hydrogen) atoms. The Morgan fingerprint density at radius 1 is 0.560 bits per heavy atom. The number of rotatable bonds is 22. The first-order valence-corrected chi connectivity index (χ1v) is 24.1. The molecule has 2 aliphatic heterocycles. The summed E-state index contributed by atoms with van der Waals surface area (Å²) in [6.07, 6.45) is 2.95. The van der Waals surface area contributed by atoms with Gasteiger partial charge in [0.05, 0.1) is 77.3 Å². The van der Waals surface area contributed by atoms with Crippen LogP contribution in [0.25, 0.3) is 0 Å². The van der Waals surface area contributed by atoms with Crippen molar-refractivity contribution in [1.29, 1.82) is 0 Å². The Hall–Kier alpha value is -8.44. The zero-order chi connectivity index (χ0) is 52.2. The first kappa shape index (κ1) is 52.9. The number of nitrogens with one attached hydrogen (secondary N) is 2. The van der Waals surface area contributed by atoms with Crippen molar-refractivity contribution in [2.45, 2.75) is 25.2 Å². The maximum Gasteiger partial charge on any atom is 0.291 e. The van der Waals surface area contributed by atoms with E-state index in [-0.39, 0.29) is 49.9 Å². The van der Waals surface area contributed by atoms with Crippen LogP contribution < -0.4 is 29.9 Å². The van der Waals surface area contributed by atoms with Crippen molar-refractivity contribution in [2.24, 2.45) is 0 Å². The van der Waals surface area contributed by atoms with Crippen molar-refractivity contribution in [1.82, 2.24) is 40.2 Å². The van der Waals surface area contributed by atoms with Gasteiger partial charge in [-0.3, -0.25) is 19.2 Å². The molecule has 4 heterocycles. The minimum Gasteiger partial charge on any atom is -0.489 e. The van der Waals surface area contributed by atoms with Gasteiger partial charge in [0.1, 0.15) is 62.7 Å². The van der Waals surface area contributed by atoms with Gasteiger partial charge in [-0.05, 0) is 47.5 Å². The van der Waals surface area contributed by atoms with Gasteiger partial charge in [-0.2, -0.15) is 0 Å². The fourth-order valence-electron chi connectivity index (χ4n) is 7.60. The highest BCUT2D eigenvalue weighted by atomic mass is 16.6. The molecule has 6 aromatic rings. The highest BCUT2D eigenvalue weighted by Crippen LogP contribution is 2.33. The maximum absolute atomic E-state index is 13.4. The number of amides is 4. The fourth-order valence-corrected chi connectivity index (χ4v) is 7.60. The number of anilines is 2. The van der Waals surface area contributed by atoms with Crippen LogP contribution in [0.4, 0.5) is 11.4 Å². The van der Waals surface area contributed by atoms with E-state index >= 15 is 0 Å². The molecule has 8 rings (SSSR count). The van der Waals surface area contributed by atoms with Crippen LogP contribution in [0.3, 0.4) is 0 Å². The summed E-state index contributed by atoms with van der Waals surface area (Å²) < 4.78 is 42.9. The number of carbonyl (C=O) groups is 4. The molecule has 0 radical (unpaired) electrons. The smallest absolute Gasteiger partial charge is 0.291 e. The van der Waals surface area contributed by atoms with Crippen LogP contribution in [-0.4, -0.2) is 159 Å². The van der Waals surface area contributed by atoms with E-state index in [9.17, 15) is 19.2 Å². The summed E-state index contributed by atoms with van der Waals surface area (Å²) in [6, 6.07) is 28.0. The second-order valence-corrected chi connectivity index (χ2v) is 16.9. The van der Waals surface area contributed by atoms with Crippen LogP contribution in [-0.2, 0) is 46.4 Å². The van der Waals surface area contributed by atoms with Gasteiger partial charge >= 0.3 is 0 Å². The first-order valence-electron chi connectivity index (χ1n) is 24.1.